The molecule has 0 saturated carbocycles. The first-order valence-electron chi connectivity index (χ1n) is 9.03. The van der Waals surface area contributed by atoms with Crippen LogP contribution in [-0.4, -0.2) is 26.5 Å². The molecule has 0 aromatic heterocycles. The van der Waals surface area contributed by atoms with E-state index in [1.54, 1.807) is 25.1 Å². The fourth-order valence-electron chi connectivity index (χ4n) is 2.64. The minimum absolute atomic E-state index is 0.0124. The Bertz CT molecular complexity index is 805. The molecule has 5 nitrogen and oxygen atoms in total. The van der Waals surface area contributed by atoms with Crippen LogP contribution >= 0.6 is 0 Å². The third-order valence-corrected chi connectivity index (χ3v) is 3.99. The summed E-state index contributed by atoms with van der Waals surface area (Å²) in [7, 11) is 1.47. The van der Waals surface area contributed by atoms with Crippen LogP contribution in [-0.2, 0) is 33.5 Å². The van der Waals surface area contributed by atoms with E-state index in [1.165, 1.54) is 25.3 Å². The molecular weight excluding hydrogens is 389 g/mol. The van der Waals surface area contributed by atoms with Crippen LogP contribution in [0.3, 0.4) is 0 Å². The van der Waals surface area contributed by atoms with Crippen LogP contribution in [0.1, 0.15) is 30.0 Å². The summed E-state index contributed by atoms with van der Waals surface area (Å²) >= 11 is 0. The van der Waals surface area contributed by atoms with E-state index < -0.39 is 11.7 Å². The number of rotatable bonds is 10. The standard InChI is InChI=1S/C21H23F3O5/c1-3-27-20(25)11-9-15-8-10-17(29-14-26-2)12-19(15)28-13-16-6-4-5-7-18(16)21(22,23)24/h4-8,10,12H,3,9,11,13-14H2,1-2H3. The second-order valence-electron chi connectivity index (χ2n) is 6.07. The number of hydrogen-bond donors (Lipinski definition) is 0. The molecule has 0 unspecified atom stereocenters. The second-order valence-corrected chi connectivity index (χ2v) is 6.07. The van der Waals surface area contributed by atoms with Crippen molar-refractivity contribution in [2.24, 2.45) is 0 Å². The van der Waals surface area contributed by atoms with Crippen molar-refractivity contribution in [1.82, 2.24) is 0 Å². The number of hydrogen-bond acceptors (Lipinski definition) is 5. The van der Waals surface area contributed by atoms with E-state index in [0.717, 1.165) is 6.07 Å². The Balaban J connectivity index is 2.21. The van der Waals surface area contributed by atoms with Gasteiger partial charge in [-0.25, -0.2) is 0 Å². The average molecular weight is 412 g/mol. The highest BCUT2D eigenvalue weighted by Gasteiger charge is 2.33. The van der Waals surface area contributed by atoms with Crippen molar-refractivity contribution in [1.29, 1.82) is 0 Å². The van der Waals surface area contributed by atoms with Crippen molar-refractivity contribution >= 4 is 5.97 Å². The lowest BCUT2D eigenvalue weighted by atomic mass is 10.1. The molecule has 0 amide bonds. The van der Waals surface area contributed by atoms with Gasteiger partial charge in [0.15, 0.2) is 6.79 Å². The Kier molecular flexibility index (Phi) is 8.33. The van der Waals surface area contributed by atoms with Gasteiger partial charge in [-0.1, -0.05) is 24.3 Å². The monoisotopic (exact) mass is 412 g/mol. The van der Waals surface area contributed by atoms with Crippen LogP contribution in [0.15, 0.2) is 42.5 Å². The lowest BCUT2D eigenvalue weighted by Crippen LogP contribution is -2.11. The van der Waals surface area contributed by atoms with Gasteiger partial charge in [-0.2, -0.15) is 13.2 Å². The fraction of sp³-hybridized carbons (Fsp3) is 0.381. The molecule has 0 fully saturated rings. The molecule has 0 atom stereocenters. The lowest BCUT2D eigenvalue weighted by molar-refractivity contribution is -0.143. The summed E-state index contributed by atoms with van der Waals surface area (Å²) < 4.78 is 60.4. The molecule has 2 aromatic carbocycles. The summed E-state index contributed by atoms with van der Waals surface area (Å²) in [5.41, 5.74) is -0.0771. The highest BCUT2D eigenvalue weighted by molar-refractivity contribution is 5.69. The van der Waals surface area contributed by atoms with Crippen molar-refractivity contribution in [3.63, 3.8) is 0 Å². The molecule has 0 aliphatic rings. The molecular formula is C21H23F3O5. The Morgan fingerprint density at radius 2 is 1.79 bits per heavy atom. The van der Waals surface area contributed by atoms with E-state index in [1.807, 2.05) is 0 Å². The lowest BCUT2D eigenvalue weighted by Gasteiger charge is -2.16. The number of aryl methyl sites for hydroxylation is 1. The zero-order chi connectivity index (χ0) is 21.3. The van der Waals surface area contributed by atoms with Gasteiger partial charge in [-0.05, 0) is 31.0 Å². The minimum Gasteiger partial charge on any atom is -0.488 e. The normalized spacial score (nSPS) is 11.2. The summed E-state index contributed by atoms with van der Waals surface area (Å²) in [4.78, 5) is 11.6. The van der Waals surface area contributed by atoms with Gasteiger partial charge in [0, 0.05) is 25.2 Å². The molecule has 8 heteroatoms. The fourth-order valence-corrected chi connectivity index (χ4v) is 2.64. The van der Waals surface area contributed by atoms with Crippen LogP contribution < -0.4 is 9.47 Å². The molecule has 158 valence electrons. The molecule has 0 N–H and O–H groups in total. The molecule has 0 radical (unpaired) electrons. The predicted octanol–water partition coefficient (Wildman–Crippen LogP) is 4.76. The van der Waals surface area contributed by atoms with E-state index in [9.17, 15) is 18.0 Å². The number of halogens is 3. The topological polar surface area (TPSA) is 54.0 Å². The molecule has 0 aliphatic heterocycles. The first-order valence-corrected chi connectivity index (χ1v) is 9.03. The average Bonchev–Trinajstić information content (AvgIpc) is 2.69. The van der Waals surface area contributed by atoms with Crippen LogP contribution in [0, 0.1) is 0 Å². The molecule has 0 heterocycles. The summed E-state index contributed by atoms with van der Waals surface area (Å²) in [5.74, 6) is 0.409. The zero-order valence-electron chi connectivity index (χ0n) is 16.3. The van der Waals surface area contributed by atoms with Gasteiger partial charge in [0.2, 0.25) is 0 Å². The predicted molar refractivity (Wildman–Crippen MR) is 99.7 cm³/mol. The number of alkyl halides is 3. The van der Waals surface area contributed by atoms with Gasteiger partial charge in [-0.15, -0.1) is 0 Å². The van der Waals surface area contributed by atoms with Gasteiger partial charge in [0.1, 0.15) is 18.1 Å². The third-order valence-electron chi connectivity index (χ3n) is 3.99. The number of benzene rings is 2. The number of carbonyl (C=O) groups is 1. The van der Waals surface area contributed by atoms with E-state index in [2.05, 4.69) is 0 Å². The van der Waals surface area contributed by atoms with Crippen molar-refractivity contribution in [2.75, 3.05) is 20.5 Å². The van der Waals surface area contributed by atoms with Crippen molar-refractivity contribution in [3.8, 4) is 11.5 Å². The van der Waals surface area contributed by atoms with Crippen LogP contribution in [0.5, 0.6) is 11.5 Å². The van der Waals surface area contributed by atoms with Crippen LogP contribution in [0.25, 0.3) is 0 Å². The highest BCUT2D eigenvalue weighted by Crippen LogP contribution is 2.33. The highest BCUT2D eigenvalue weighted by atomic mass is 19.4. The van der Waals surface area contributed by atoms with E-state index >= 15 is 0 Å². The third kappa shape index (κ3) is 6.98. The summed E-state index contributed by atoms with van der Waals surface area (Å²) in [6.45, 7) is 1.72. The Morgan fingerprint density at radius 3 is 2.48 bits per heavy atom. The molecule has 0 saturated heterocycles. The van der Waals surface area contributed by atoms with Crippen molar-refractivity contribution in [3.05, 3.63) is 59.2 Å². The van der Waals surface area contributed by atoms with Crippen LogP contribution in [0.4, 0.5) is 13.2 Å². The summed E-state index contributed by atoms with van der Waals surface area (Å²) in [5, 5.41) is 0. The Morgan fingerprint density at radius 1 is 1.03 bits per heavy atom. The molecule has 0 bridgehead atoms. The molecule has 0 aliphatic carbocycles. The van der Waals surface area contributed by atoms with E-state index in [0.29, 0.717) is 23.5 Å². The summed E-state index contributed by atoms with van der Waals surface area (Å²) in [6.07, 6.45) is -4.03. The second kappa shape index (κ2) is 10.7. The minimum atomic E-state index is -4.48. The summed E-state index contributed by atoms with van der Waals surface area (Å²) in [6, 6.07) is 10.2. The molecule has 29 heavy (non-hydrogen) atoms. The maximum Gasteiger partial charge on any atom is 0.416 e. The van der Waals surface area contributed by atoms with E-state index in [4.69, 9.17) is 18.9 Å². The number of ether oxygens (including phenoxy) is 4. The smallest absolute Gasteiger partial charge is 0.416 e. The maximum absolute atomic E-state index is 13.2. The molecule has 2 rings (SSSR count). The Hall–Kier alpha value is -2.74. The largest absolute Gasteiger partial charge is 0.488 e. The number of esters is 1. The molecule has 0 spiro atoms. The van der Waals surface area contributed by atoms with Gasteiger partial charge in [0.25, 0.3) is 0 Å². The van der Waals surface area contributed by atoms with Crippen molar-refractivity contribution in [2.45, 2.75) is 32.5 Å². The SMILES string of the molecule is CCOC(=O)CCc1ccc(OCOC)cc1OCc1ccccc1C(F)(F)F. The quantitative estimate of drug-likeness (QED) is 0.416. The zero-order valence-corrected chi connectivity index (χ0v) is 16.3. The first-order chi connectivity index (χ1) is 13.8. The van der Waals surface area contributed by atoms with Gasteiger partial charge < -0.3 is 18.9 Å². The number of carbonyl (C=O) groups excluding carboxylic acids is 1. The Labute approximate surface area is 167 Å². The van der Waals surface area contributed by atoms with Gasteiger partial charge >= 0.3 is 12.1 Å². The molecule has 2 aromatic rings. The van der Waals surface area contributed by atoms with Gasteiger partial charge in [0.05, 0.1) is 12.2 Å². The van der Waals surface area contributed by atoms with Gasteiger partial charge in [-0.3, -0.25) is 4.79 Å². The van der Waals surface area contributed by atoms with Crippen LogP contribution in [0.2, 0.25) is 0 Å². The van der Waals surface area contributed by atoms with E-state index in [-0.39, 0.29) is 38.0 Å². The number of methoxy groups -OCH3 is 1. The first kappa shape index (κ1) is 22.5. The van der Waals surface area contributed by atoms with Crippen molar-refractivity contribution < 1.29 is 36.9 Å². The maximum atomic E-state index is 13.2.